The van der Waals surface area contributed by atoms with E-state index >= 15 is 0 Å². The van der Waals surface area contributed by atoms with Crippen molar-refractivity contribution in [2.24, 2.45) is 0 Å². The van der Waals surface area contributed by atoms with E-state index in [9.17, 15) is 5.11 Å². The summed E-state index contributed by atoms with van der Waals surface area (Å²) in [5.74, 6) is 0.717. The van der Waals surface area contributed by atoms with E-state index in [-0.39, 0.29) is 5.75 Å². The molecule has 2 heterocycles. The van der Waals surface area contributed by atoms with E-state index < -0.39 is 0 Å². The van der Waals surface area contributed by atoms with Crippen molar-refractivity contribution in [2.45, 2.75) is 6.54 Å². The highest BCUT2D eigenvalue weighted by Gasteiger charge is 2.08. The average Bonchev–Trinajstić information content (AvgIpc) is 3.03. The van der Waals surface area contributed by atoms with Gasteiger partial charge in [-0.25, -0.2) is 14.6 Å². The second-order valence-corrected chi connectivity index (χ2v) is 4.72. The molecule has 3 aromatic rings. The maximum atomic E-state index is 9.91. The van der Waals surface area contributed by atoms with Gasteiger partial charge in [0.25, 0.3) is 0 Å². The predicted molar refractivity (Wildman–Crippen MR) is 79.6 cm³/mol. The van der Waals surface area contributed by atoms with Gasteiger partial charge in [-0.2, -0.15) is 5.10 Å². The lowest BCUT2D eigenvalue weighted by atomic mass is 10.2. The fourth-order valence-corrected chi connectivity index (χ4v) is 2.12. The quantitative estimate of drug-likeness (QED) is 0.775. The molecule has 0 unspecified atom stereocenters. The lowest BCUT2D eigenvalue weighted by Crippen LogP contribution is -2.06. The number of phenolic OH excluding ortho intramolecular Hbond substituents is 1. The van der Waals surface area contributed by atoms with Crippen molar-refractivity contribution in [1.82, 2.24) is 19.7 Å². The first kappa shape index (κ1) is 13.4. The van der Waals surface area contributed by atoms with E-state index in [1.165, 1.54) is 6.33 Å². The zero-order valence-electron chi connectivity index (χ0n) is 10.9. The summed E-state index contributed by atoms with van der Waals surface area (Å²) in [7, 11) is 0. The van der Waals surface area contributed by atoms with Gasteiger partial charge in [0.05, 0.1) is 10.7 Å². The van der Waals surface area contributed by atoms with E-state index in [1.807, 2.05) is 12.1 Å². The van der Waals surface area contributed by atoms with Gasteiger partial charge in [0, 0.05) is 18.3 Å². The monoisotopic (exact) mass is 301 g/mol. The van der Waals surface area contributed by atoms with Crippen LogP contribution in [0.1, 0.15) is 5.56 Å². The third-order valence-corrected chi connectivity index (χ3v) is 3.27. The molecule has 0 saturated carbocycles. The Labute approximate surface area is 126 Å². The number of hydrogen-bond donors (Lipinski definition) is 2. The molecule has 0 amide bonds. The average molecular weight is 302 g/mol. The Morgan fingerprint density at radius 1 is 1.24 bits per heavy atom. The predicted octanol–water partition coefficient (Wildman–Crippen LogP) is 2.63. The van der Waals surface area contributed by atoms with Crippen molar-refractivity contribution in [3.8, 4) is 11.6 Å². The molecule has 0 radical (unpaired) electrons. The maximum Gasteiger partial charge on any atom is 0.178 e. The highest BCUT2D eigenvalue weighted by molar-refractivity contribution is 6.32. The molecule has 0 saturated heterocycles. The van der Waals surface area contributed by atoms with Crippen LogP contribution in [0.5, 0.6) is 5.75 Å². The van der Waals surface area contributed by atoms with Gasteiger partial charge in [0.15, 0.2) is 5.82 Å². The van der Waals surface area contributed by atoms with Crippen molar-refractivity contribution in [2.75, 3.05) is 5.32 Å². The molecule has 6 nitrogen and oxygen atoms in total. The summed E-state index contributed by atoms with van der Waals surface area (Å²) in [4.78, 5) is 8.19. The fourth-order valence-electron chi connectivity index (χ4n) is 1.93. The second-order valence-electron chi connectivity index (χ2n) is 4.32. The summed E-state index contributed by atoms with van der Waals surface area (Å²) in [5, 5.41) is 17.5. The number of nitrogens with zero attached hydrogens (tertiary/aromatic N) is 4. The molecule has 2 aromatic heterocycles. The first-order chi connectivity index (χ1) is 10.3. The molecule has 1 aromatic carbocycles. The summed E-state index contributed by atoms with van der Waals surface area (Å²) in [6.45, 7) is 0.416. The number of hydrogen-bond acceptors (Lipinski definition) is 5. The summed E-state index contributed by atoms with van der Waals surface area (Å²) in [6.07, 6.45) is 4.70. The van der Waals surface area contributed by atoms with Crippen LogP contribution >= 0.6 is 11.6 Å². The topological polar surface area (TPSA) is 75.9 Å². The standard InChI is InChI=1S/C14H12ClN5O/c15-11-4-1-3-10(13(11)21)7-18-12-5-2-6-17-14(12)20-9-16-8-19-20/h1-6,8-9,18,21H,7H2. The molecule has 2 N–H and O–H groups in total. The van der Waals surface area contributed by atoms with E-state index in [2.05, 4.69) is 20.4 Å². The van der Waals surface area contributed by atoms with Gasteiger partial charge in [-0.1, -0.05) is 23.7 Å². The van der Waals surface area contributed by atoms with Crippen LogP contribution in [-0.2, 0) is 6.54 Å². The zero-order chi connectivity index (χ0) is 14.7. The van der Waals surface area contributed by atoms with Crippen molar-refractivity contribution in [3.63, 3.8) is 0 Å². The van der Waals surface area contributed by atoms with E-state index in [0.29, 0.717) is 22.9 Å². The van der Waals surface area contributed by atoms with Crippen LogP contribution in [0, 0.1) is 0 Å². The molecule has 7 heteroatoms. The van der Waals surface area contributed by atoms with Crippen molar-refractivity contribution < 1.29 is 5.11 Å². The van der Waals surface area contributed by atoms with Gasteiger partial charge < -0.3 is 10.4 Å². The minimum absolute atomic E-state index is 0.0814. The Kier molecular flexibility index (Phi) is 3.70. The number of aromatic nitrogens is 4. The lowest BCUT2D eigenvalue weighted by molar-refractivity contribution is 0.469. The molecule has 0 aliphatic rings. The summed E-state index contributed by atoms with van der Waals surface area (Å²) in [5.41, 5.74) is 1.48. The molecule has 0 aliphatic heterocycles. The first-order valence-electron chi connectivity index (χ1n) is 6.26. The lowest BCUT2D eigenvalue weighted by Gasteiger charge is -2.11. The van der Waals surface area contributed by atoms with Gasteiger partial charge in [-0.05, 0) is 18.2 Å². The number of phenols is 1. The van der Waals surface area contributed by atoms with E-state index in [0.717, 1.165) is 5.69 Å². The Balaban J connectivity index is 1.85. The first-order valence-corrected chi connectivity index (χ1v) is 6.64. The van der Waals surface area contributed by atoms with Gasteiger partial charge in [-0.15, -0.1) is 0 Å². The second kappa shape index (κ2) is 5.80. The molecular weight excluding hydrogens is 290 g/mol. The summed E-state index contributed by atoms with van der Waals surface area (Å²) in [6, 6.07) is 8.94. The number of aromatic hydroxyl groups is 1. The van der Waals surface area contributed by atoms with Crippen molar-refractivity contribution in [1.29, 1.82) is 0 Å². The molecule has 21 heavy (non-hydrogen) atoms. The van der Waals surface area contributed by atoms with Crippen LogP contribution in [0.25, 0.3) is 5.82 Å². The number of halogens is 1. The van der Waals surface area contributed by atoms with Gasteiger partial charge in [-0.3, -0.25) is 0 Å². The number of rotatable bonds is 4. The summed E-state index contributed by atoms with van der Waals surface area (Å²) >= 11 is 5.90. The molecule has 3 rings (SSSR count). The number of anilines is 1. The molecule has 0 spiro atoms. The van der Waals surface area contributed by atoms with E-state index in [1.54, 1.807) is 35.4 Å². The smallest absolute Gasteiger partial charge is 0.178 e. The fraction of sp³-hybridized carbons (Fsp3) is 0.0714. The van der Waals surface area contributed by atoms with Crippen LogP contribution in [-0.4, -0.2) is 24.9 Å². The minimum atomic E-state index is 0.0814. The molecule has 0 atom stereocenters. The Hall–Kier alpha value is -2.60. The SMILES string of the molecule is Oc1c(Cl)cccc1CNc1cccnc1-n1cncn1. The minimum Gasteiger partial charge on any atom is -0.506 e. The third-order valence-electron chi connectivity index (χ3n) is 2.96. The number of para-hydroxylation sites is 1. The molecule has 0 fully saturated rings. The Bertz CT molecular complexity index is 745. The van der Waals surface area contributed by atoms with Crippen LogP contribution < -0.4 is 5.32 Å². The Morgan fingerprint density at radius 3 is 2.95 bits per heavy atom. The maximum absolute atomic E-state index is 9.91. The molecule has 0 aliphatic carbocycles. The zero-order valence-corrected chi connectivity index (χ0v) is 11.7. The summed E-state index contributed by atoms with van der Waals surface area (Å²) < 4.78 is 1.57. The molecule has 106 valence electrons. The molecular formula is C14H12ClN5O. The number of pyridine rings is 1. The Morgan fingerprint density at radius 2 is 2.14 bits per heavy atom. The van der Waals surface area contributed by atoms with Crippen molar-refractivity contribution >= 4 is 17.3 Å². The van der Waals surface area contributed by atoms with Crippen LogP contribution in [0.4, 0.5) is 5.69 Å². The number of nitrogens with one attached hydrogen (secondary N) is 1. The van der Waals surface area contributed by atoms with Crippen molar-refractivity contribution in [3.05, 3.63) is 59.8 Å². The van der Waals surface area contributed by atoms with Crippen LogP contribution in [0.15, 0.2) is 49.2 Å². The van der Waals surface area contributed by atoms with Gasteiger partial charge >= 0.3 is 0 Å². The van der Waals surface area contributed by atoms with Crippen LogP contribution in [0.2, 0.25) is 5.02 Å². The normalized spacial score (nSPS) is 10.5. The number of benzene rings is 1. The highest BCUT2D eigenvalue weighted by atomic mass is 35.5. The highest BCUT2D eigenvalue weighted by Crippen LogP contribution is 2.28. The largest absolute Gasteiger partial charge is 0.506 e. The van der Waals surface area contributed by atoms with Crippen LogP contribution in [0.3, 0.4) is 0 Å². The third kappa shape index (κ3) is 2.80. The van der Waals surface area contributed by atoms with E-state index in [4.69, 9.17) is 11.6 Å². The van der Waals surface area contributed by atoms with Gasteiger partial charge in [0.2, 0.25) is 0 Å². The molecule has 0 bridgehead atoms. The van der Waals surface area contributed by atoms with Gasteiger partial charge in [0.1, 0.15) is 18.4 Å².